The van der Waals surface area contributed by atoms with Crippen molar-refractivity contribution in [1.29, 1.82) is 0 Å². The zero-order valence-electron chi connectivity index (χ0n) is 11.3. The van der Waals surface area contributed by atoms with Gasteiger partial charge < -0.3 is 4.90 Å². The predicted octanol–water partition coefficient (Wildman–Crippen LogP) is 2.87. The Morgan fingerprint density at radius 1 is 1.26 bits per heavy atom. The Balaban J connectivity index is 3.00. The van der Waals surface area contributed by atoms with Crippen molar-refractivity contribution in [3.05, 3.63) is 29.8 Å². The second-order valence-electron chi connectivity index (χ2n) is 4.55. The van der Waals surface area contributed by atoms with Crippen LogP contribution in [0, 0.1) is 0 Å². The number of carbonyl (C=O) groups is 1. The average molecular weight is 304 g/mol. The molecule has 1 amide bonds. The summed E-state index contributed by atoms with van der Waals surface area (Å²) in [5, 5.41) is 0. The highest BCUT2D eigenvalue weighted by Gasteiger charge is 2.18. The molecule has 1 aromatic carbocycles. The Bertz CT molecular complexity index is 538. The summed E-state index contributed by atoms with van der Waals surface area (Å²) in [6.07, 6.45) is 0.873. The van der Waals surface area contributed by atoms with E-state index in [0.29, 0.717) is 12.1 Å². The van der Waals surface area contributed by atoms with Crippen LogP contribution in [0.2, 0.25) is 0 Å². The van der Waals surface area contributed by atoms with Crippen molar-refractivity contribution in [1.82, 2.24) is 4.90 Å². The summed E-state index contributed by atoms with van der Waals surface area (Å²) in [7, 11) is 1.49. The highest BCUT2D eigenvalue weighted by Crippen LogP contribution is 2.17. The zero-order valence-corrected chi connectivity index (χ0v) is 12.8. The Morgan fingerprint density at radius 3 is 2.16 bits per heavy atom. The normalized spacial score (nSPS) is 11.6. The predicted molar refractivity (Wildman–Crippen MR) is 75.9 cm³/mol. The number of halogens is 1. The number of amides is 1. The third-order valence-corrected chi connectivity index (χ3v) is 4.10. The SMILES string of the molecule is CCCN(C(=O)c1ccc(S(=O)(=O)Cl)cc1)C(C)C. The number of hydrogen-bond donors (Lipinski definition) is 0. The molecule has 0 atom stereocenters. The fraction of sp³-hybridized carbons (Fsp3) is 0.462. The molecule has 0 aliphatic heterocycles. The maximum atomic E-state index is 12.3. The van der Waals surface area contributed by atoms with Gasteiger partial charge >= 0.3 is 0 Å². The number of benzene rings is 1. The molecule has 1 aromatic rings. The molecule has 0 unspecified atom stereocenters. The maximum absolute atomic E-state index is 12.3. The van der Waals surface area contributed by atoms with E-state index in [1.807, 2.05) is 20.8 Å². The van der Waals surface area contributed by atoms with Crippen molar-refractivity contribution in [2.45, 2.75) is 38.1 Å². The quantitative estimate of drug-likeness (QED) is 0.786. The fourth-order valence-corrected chi connectivity index (χ4v) is 2.53. The third-order valence-electron chi connectivity index (χ3n) is 2.73. The highest BCUT2D eigenvalue weighted by molar-refractivity contribution is 8.13. The van der Waals surface area contributed by atoms with Crippen LogP contribution in [-0.4, -0.2) is 31.8 Å². The van der Waals surface area contributed by atoms with Crippen molar-refractivity contribution >= 4 is 25.6 Å². The summed E-state index contributed by atoms with van der Waals surface area (Å²) in [6.45, 7) is 6.58. The van der Waals surface area contributed by atoms with Gasteiger partial charge in [-0.3, -0.25) is 4.79 Å². The molecule has 19 heavy (non-hydrogen) atoms. The van der Waals surface area contributed by atoms with E-state index in [4.69, 9.17) is 10.7 Å². The van der Waals surface area contributed by atoms with Gasteiger partial charge in [0.1, 0.15) is 0 Å². The van der Waals surface area contributed by atoms with Crippen molar-refractivity contribution in [3.8, 4) is 0 Å². The van der Waals surface area contributed by atoms with Gasteiger partial charge in [0.05, 0.1) is 4.90 Å². The van der Waals surface area contributed by atoms with Gasteiger partial charge in [-0.25, -0.2) is 8.42 Å². The molecule has 0 aromatic heterocycles. The minimum atomic E-state index is -3.74. The number of rotatable bonds is 5. The summed E-state index contributed by atoms with van der Waals surface area (Å²) >= 11 is 0. The standard InChI is InChI=1S/C13H18ClNO3S/c1-4-9-15(10(2)3)13(16)11-5-7-12(8-6-11)19(14,17)18/h5-8,10H,4,9H2,1-3H3. The van der Waals surface area contributed by atoms with Gasteiger partial charge in [-0.15, -0.1) is 0 Å². The van der Waals surface area contributed by atoms with Crippen LogP contribution in [0.4, 0.5) is 0 Å². The van der Waals surface area contributed by atoms with Gasteiger partial charge in [0.2, 0.25) is 0 Å². The topological polar surface area (TPSA) is 54.5 Å². The van der Waals surface area contributed by atoms with E-state index < -0.39 is 9.05 Å². The molecule has 0 saturated heterocycles. The van der Waals surface area contributed by atoms with Crippen molar-refractivity contribution in [2.24, 2.45) is 0 Å². The summed E-state index contributed by atoms with van der Waals surface area (Å²) in [6, 6.07) is 5.77. The number of carbonyl (C=O) groups excluding carboxylic acids is 1. The minimum absolute atomic E-state index is 0.00250. The molecular formula is C13H18ClNO3S. The lowest BCUT2D eigenvalue weighted by atomic mass is 10.1. The van der Waals surface area contributed by atoms with Crippen LogP contribution < -0.4 is 0 Å². The molecule has 1 rings (SSSR count). The van der Waals surface area contributed by atoms with Gasteiger partial charge in [-0.2, -0.15) is 0 Å². The first-order valence-corrected chi connectivity index (χ1v) is 8.44. The highest BCUT2D eigenvalue weighted by atomic mass is 35.7. The van der Waals surface area contributed by atoms with Gasteiger partial charge in [-0.1, -0.05) is 6.92 Å². The number of hydrogen-bond acceptors (Lipinski definition) is 3. The molecule has 0 N–H and O–H groups in total. The fourth-order valence-electron chi connectivity index (χ4n) is 1.76. The van der Waals surface area contributed by atoms with Crippen LogP contribution in [0.15, 0.2) is 29.2 Å². The van der Waals surface area contributed by atoms with Crippen molar-refractivity contribution in [3.63, 3.8) is 0 Å². The molecule has 0 bridgehead atoms. The Hall–Kier alpha value is -1.07. The first-order chi connectivity index (χ1) is 8.77. The van der Waals surface area contributed by atoms with E-state index >= 15 is 0 Å². The van der Waals surface area contributed by atoms with E-state index in [0.717, 1.165) is 6.42 Å². The first kappa shape index (κ1) is 16.0. The summed E-state index contributed by atoms with van der Waals surface area (Å²) in [5.41, 5.74) is 0.464. The van der Waals surface area contributed by atoms with Crippen LogP contribution in [0.1, 0.15) is 37.6 Å². The summed E-state index contributed by atoms with van der Waals surface area (Å²) in [5.74, 6) is -0.102. The van der Waals surface area contributed by atoms with E-state index in [1.54, 1.807) is 4.90 Å². The van der Waals surface area contributed by atoms with Gasteiger partial charge in [0, 0.05) is 28.8 Å². The molecule has 0 spiro atoms. The molecule has 106 valence electrons. The second kappa shape index (κ2) is 6.39. The lowest BCUT2D eigenvalue weighted by Crippen LogP contribution is -2.37. The Kier molecular flexibility index (Phi) is 5.38. The summed E-state index contributed by atoms with van der Waals surface area (Å²) in [4.78, 5) is 14.0. The van der Waals surface area contributed by atoms with E-state index in [9.17, 15) is 13.2 Å². The molecule has 6 heteroatoms. The lowest BCUT2D eigenvalue weighted by molar-refractivity contribution is 0.0706. The monoisotopic (exact) mass is 303 g/mol. The van der Waals surface area contributed by atoms with Crippen LogP contribution in [0.5, 0.6) is 0 Å². The average Bonchev–Trinajstić information content (AvgIpc) is 2.34. The van der Waals surface area contributed by atoms with E-state index in [2.05, 4.69) is 0 Å². The van der Waals surface area contributed by atoms with Gasteiger partial charge in [-0.05, 0) is 44.5 Å². The molecule has 0 aliphatic carbocycles. The minimum Gasteiger partial charge on any atom is -0.336 e. The lowest BCUT2D eigenvalue weighted by Gasteiger charge is -2.26. The molecule has 0 saturated carbocycles. The molecule has 0 aliphatic rings. The third kappa shape index (κ3) is 4.21. The smallest absolute Gasteiger partial charge is 0.261 e. The molecule has 0 heterocycles. The molecular weight excluding hydrogens is 286 g/mol. The van der Waals surface area contributed by atoms with Crippen molar-refractivity contribution < 1.29 is 13.2 Å². The van der Waals surface area contributed by atoms with Crippen LogP contribution in [0.3, 0.4) is 0 Å². The van der Waals surface area contributed by atoms with Gasteiger partial charge in [0.15, 0.2) is 0 Å². The van der Waals surface area contributed by atoms with Crippen molar-refractivity contribution in [2.75, 3.05) is 6.54 Å². The Labute approximate surface area is 118 Å². The van der Waals surface area contributed by atoms with E-state index in [1.165, 1.54) is 24.3 Å². The second-order valence-corrected chi connectivity index (χ2v) is 7.12. The van der Waals surface area contributed by atoms with Crippen LogP contribution in [0.25, 0.3) is 0 Å². The van der Waals surface area contributed by atoms with E-state index in [-0.39, 0.29) is 16.8 Å². The number of nitrogens with zero attached hydrogens (tertiary/aromatic N) is 1. The largest absolute Gasteiger partial charge is 0.336 e. The first-order valence-electron chi connectivity index (χ1n) is 6.13. The zero-order chi connectivity index (χ0) is 14.6. The van der Waals surface area contributed by atoms with Crippen LogP contribution in [-0.2, 0) is 9.05 Å². The summed E-state index contributed by atoms with van der Waals surface area (Å²) < 4.78 is 22.3. The molecule has 0 fully saturated rings. The Morgan fingerprint density at radius 2 is 1.79 bits per heavy atom. The van der Waals surface area contributed by atoms with Gasteiger partial charge in [0.25, 0.3) is 15.0 Å². The maximum Gasteiger partial charge on any atom is 0.261 e. The van der Waals surface area contributed by atoms with Crippen LogP contribution >= 0.6 is 10.7 Å². The molecule has 0 radical (unpaired) electrons. The molecule has 4 nitrogen and oxygen atoms in total.